The van der Waals surface area contributed by atoms with E-state index >= 15 is 0 Å². The zero-order chi connectivity index (χ0) is 21.6. The Hall–Kier alpha value is -3.68. The second-order valence-corrected chi connectivity index (χ2v) is 7.32. The van der Waals surface area contributed by atoms with Gasteiger partial charge < -0.3 is 19.6 Å². The third kappa shape index (κ3) is 5.09. The lowest BCUT2D eigenvalue weighted by atomic mass is 10.1. The average Bonchev–Trinajstić information content (AvgIpc) is 3.17. The van der Waals surface area contributed by atoms with E-state index < -0.39 is 5.91 Å². The lowest BCUT2D eigenvalue weighted by Gasteiger charge is -2.23. The summed E-state index contributed by atoms with van der Waals surface area (Å²) in [4.78, 5) is 28.8. The summed E-state index contributed by atoms with van der Waals surface area (Å²) in [5, 5.41) is 6.42. The molecule has 2 aromatic carbocycles. The Balaban J connectivity index is 1.29. The summed E-state index contributed by atoms with van der Waals surface area (Å²) in [6.45, 7) is 2.46. The summed E-state index contributed by atoms with van der Waals surface area (Å²) in [6.07, 6.45) is 0.792. The fourth-order valence-electron chi connectivity index (χ4n) is 3.56. The fraction of sp³-hybridized carbons (Fsp3) is 0.261. The predicted octanol–water partition coefficient (Wildman–Crippen LogP) is 2.95. The predicted molar refractivity (Wildman–Crippen MR) is 114 cm³/mol. The summed E-state index contributed by atoms with van der Waals surface area (Å²) in [5.41, 5.74) is 1.88. The summed E-state index contributed by atoms with van der Waals surface area (Å²) in [5.74, 6) is -0.386. The van der Waals surface area contributed by atoms with Crippen molar-refractivity contribution >= 4 is 17.5 Å². The molecule has 2 amide bonds. The summed E-state index contributed by atoms with van der Waals surface area (Å²) < 4.78 is 18.4. The van der Waals surface area contributed by atoms with Crippen molar-refractivity contribution in [3.8, 4) is 11.3 Å². The zero-order valence-electron chi connectivity index (χ0n) is 17.0. The van der Waals surface area contributed by atoms with Crippen LogP contribution in [0.1, 0.15) is 16.9 Å². The van der Waals surface area contributed by atoms with Crippen LogP contribution >= 0.6 is 0 Å². The SMILES string of the molecule is O=C(NCC(=O)N1CCCN(c2ccc(F)cc2)CC1)c1cc(-c2ccccc2)on1. The first kappa shape index (κ1) is 20.6. The molecule has 0 unspecified atom stereocenters. The number of nitrogens with zero attached hydrogens (tertiary/aromatic N) is 3. The molecule has 3 aromatic rings. The number of nitrogens with one attached hydrogen (secondary N) is 1. The topological polar surface area (TPSA) is 78.7 Å². The van der Waals surface area contributed by atoms with Crippen LogP contribution in [0.5, 0.6) is 0 Å². The van der Waals surface area contributed by atoms with Gasteiger partial charge >= 0.3 is 0 Å². The van der Waals surface area contributed by atoms with Crippen molar-refractivity contribution in [2.75, 3.05) is 37.6 Å². The highest BCUT2D eigenvalue weighted by Gasteiger charge is 2.21. The third-order valence-corrected chi connectivity index (χ3v) is 5.24. The molecule has 0 aliphatic carbocycles. The monoisotopic (exact) mass is 422 g/mol. The first-order valence-corrected chi connectivity index (χ1v) is 10.2. The fourth-order valence-corrected chi connectivity index (χ4v) is 3.56. The number of rotatable bonds is 5. The van der Waals surface area contributed by atoms with Gasteiger partial charge in [0.25, 0.3) is 5.91 Å². The van der Waals surface area contributed by atoms with Crippen LogP contribution in [0, 0.1) is 5.82 Å². The van der Waals surface area contributed by atoms with E-state index in [0.717, 1.165) is 24.2 Å². The van der Waals surface area contributed by atoms with Crippen LogP contribution in [0.3, 0.4) is 0 Å². The molecule has 31 heavy (non-hydrogen) atoms. The van der Waals surface area contributed by atoms with Crippen molar-refractivity contribution in [3.63, 3.8) is 0 Å². The second kappa shape index (κ2) is 9.42. The average molecular weight is 422 g/mol. The van der Waals surface area contributed by atoms with Crippen molar-refractivity contribution in [2.24, 2.45) is 0 Å². The molecule has 8 heteroatoms. The number of halogens is 1. The van der Waals surface area contributed by atoms with Gasteiger partial charge in [-0.3, -0.25) is 9.59 Å². The number of amides is 2. The number of benzene rings is 2. The highest BCUT2D eigenvalue weighted by atomic mass is 19.1. The number of carbonyl (C=O) groups is 2. The number of carbonyl (C=O) groups excluding carboxylic acids is 2. The van der Waals surface area contributed by atoms with E-state index in [1.807, 2.05) is 30.3 Å². The molecule has 1 N–H and O–H groups in total. The largest absolute Gasteiger partial charge is 0.370 e. The van der Waals surface area contributed by atoms with Crippen LogP contribution in [0.25, 0.3) is 11.3 Å². The van der Waals surface area contributed by atoms with E-state index in [1.165, 1.54) is 12.1 Å². The molecule has 0 bridgehead atoms. The number of hydrogen-bond donors (Lipinski definition) is 1. The quantitative estimate of drug-likeness (QED) is 0.684. The molecule has 7 nitrogen and oxygen atoms in total. The summed E-state index contributed by atoms with van der Waals surface area (Å²) >= 11 is 0. The van der Waals surface area contributed by atoms with E-state index in [9.17, 15) is 14.0 Å². The molecule has 0 atom stereocenters. The molecule has 2 heterocycles. The van der Waals surface area contributed by atoms with Crippen LogP contribution < -0.4 is 10.2 Å². The molecule has 1 aliphatic rings. The minimum absolute atomic E-state index is 0.108. The van der Waals surface area contributed by atoms with Crippen LogP contribution in [-0.2, 0) is 4.79 Å². The Morgan fingerprint density at radius 3 is 2.55 bits per heavy atom. The standard InChI is InChI=1S/C23H23FN4O3/c24-18-7-9-19(10-8-18)27-11-4-12-28(14-13-27)22(29)16-25-23(30)20-15-21(31-26-20)17-5-2-1-3-6-17/h1-3,5-10,15H,4,11-14,16H2,(H,25,30). The molecular formula is C23H23FN4O3. The van der Waals surface area contributed by atoms with Gasteiger partial charge in [-0.15, -0.1) is 0 Å². The van der Waals surface area contributed by atoms with Crippen molar-refractivity contribution in [2.45, 2.75) is 6.42 Å². The molecular weight excluding hydrogens is 399 g/mol. The Morgan fingerprint density at radius 1 is 1.00 bits per heavy atom. The molecule has 0 radical (unpaired) electrons. The van der Waals surface area contributed by atoms with E-state index in [2.05, 4.69) is 15.4 Å². The van der Waals surface area contributed by atoms with Gasteiger partial charge in [0.05, 0.1) is 6.54 Å². The lowest BCUT2D eigenvalue weighted by molar-refractivity contribution is -0.129. The smallest absolute Gasteiger partial charge is 0.273 e. The summed E-state index contributed by atoms with van der Waals surface area (Å²) in [6, 6.07) is 17.3. The first-order valence-electron chi connectivity index (χ1n) is 10.2. The Morgan fingerprint density at radius 2 is 1.77 bits per heavy atom. The minimum Gasteiger partial charge on any atom is -0.370 e. The van der Waals surface area contributed by atoms with Crippen molar-refractivity contribution in [1.29, 1.82) is 0 Å². The zero-order valence-corrected chi connectivity index (χ0v) is 17.0. The Labute approximate surface area is 179 Å². The highest BCUT2D eigenvalue weighted by molar-refractivity contribution is 5.95. The first-order chi connectivity index (χ1) is 15.1. The molecule has 1 fully saturated rings. The van der Waals surface area contributed by atoms with Crippen LogP contribution in [-0.4, -0.2) is 54.6 Å². The van der Waals surface area contributed by atoms with Gasteiger partial charge in [-0.05, 0) is 30.7 Å². The van der Waals surface area contributed by atoms with Crippen molar-refractivity contribution in [1.82, 2.24) is 15.4 Å². The van der Waals surface area contributed by atoms with Gasteiger partial charge in [-0.25, -0.2) is 4.39 Å². The molecule has 0 saturated carbocycles. The molecule has 1 aliphatic heterocycles. The molecule has 160 valence electrons. The number of anilines is 1. The van der Waals surface area contributed by atoms with E-state index in [1.54, 1.807) is 23.1 Å². The van der Waals surface area contributed by atoms with Crippen LogP contribution in [0.15, 0.2) is 65.2 Å². The normalized spacial score (nSPS) is 14.2. The molecule has 0 spiro atoms. The Kier molecular flexibility index (Phi) is 6.26. The summed E-state index contributed by atoms with van der Waals surface area (Å²) in [7, 11) is 0. The van der Waals surface area contributed by atoms with E-state index in [0.29, 0.717) is 25.4 Å². The van der Waals surface area contributed by atoms with Crippen LogP contribution in [0.2, 0.25) is 0 Å². The van der Waals surface area contributed by atoms with Gasteiger partial charge in [0.1, 0.15) is 5.82 Å². The van der Waals surface area contributed by atoms with Gasteiger partial charge in [0.15, 0.2) is 11.5 Å². The van der Waals surface area contributed by atoms with Crippen molar-refractivity contribution < 1.29 is 18.5 Å². The second-order valence-electron chi connectivity index (χ2n) is 7.32. The molecule has 1 saturated heterocycles. The molecule has 1 aromatic heterocycles. The van der Waals surface area contributed by atoms with Gasteiger partial charge in [0.2, 0.25) is 5.91 Å². The van der Waals surface area contributed by atoms with E-state index in [4.69, 9.17) is 4.52 Å². The third-order valence-electron chi connectivity index (χ3n) is 5.24. The minimum atomic E-state index is -0.456. The van der Waals surface area contributed by atoms with Gasteiger partial charge in [-0.2, -0.15) is 0 Å². The highest BCUT2D eigenvalue weighted by Crippen LogP contribution is 2.20. The maximum absolute atomic E-state index is 13.1. The Bertz CT molecular complexity index is 1040. The number of aromatic nitrogens is 1. The maximum Gasteiger partial charge on any atom is 0.273 e. The lowest BCUT2D eigenvalue weighted by Crippen LogP contribution is -2.42. The molecule has 4 rings (SSSR count). The van der Waals surface area contributed by atoms with E-state index in [-0.39, 0.29) is 24.0 Å². The maximum atomic E-state index is 13.1. The van der Waals surface area contributed by atoms with Crippen LogP contribution in [0.4, 0.5) is 10.1 Å². The number of hydrogen-bond acceptors (Lipinski definition) is 5. The van der Waals surface area contributed by atoms with Gasteiger partial charge in [-0.1, -0.05) is 35.5 Å². The van der Waals surface area contributed by atoms with Crippen molar-refractivity contribution in [3.05, 3.63) is 72.2 Å². The van der Waals surface area contributed by atoms with Gasteiger partial charge in [0, 0.05) is 43.5 Å².